The Balaban J connectivity index is 0.000000361. The minimum absolute atomic E-state index is 0.287. The predicted octanol–water partition coefficient (Wildman–Crippen LogP) is 2.90. The van der Waals surface area contributed by atoms with Crippen LogP contribution in [0.5, 0.6) is 23.0 Å². The molecule has 7 heteroatoms. The van der Waals surface area contributed by atoms with Gasteiger partial charge in [-0.15, -0.1) is 0 Å². The topological polar surface area (TPSA) is 124 Å². The summed E-state index contributed by atoms with van der Waals surface area (Å²) in [5, 5.41) is 39.8. The Labute approximate surface area is 177 Å². The maximum atomic E-state index is 11.9. The number of allylic oxidation sites excluding steroid dienone is 4. The van der Waals surface area contributed by atoms with Crippen LogP contribution in [0.2, 0.25) is 0 Å². The summed E-state index contributed by atoms with van der Waals surface area (Å²) in [7, 11) is 0. The van der Waals surface area contributed by atoms with Gasteiger partial charge >= 0.3 is 0 Å². The summed E-state index contributed by atoms with van der Waals surface area (Å²) in [5.41, 5.74) is 4.02. The van der Waals surface area contributed by atoms with Gasteiger partial charge in [0.05, 0.1) is 0 Å². The van der Waals surface area contributed by atoms with Crippen molar-refractivity contribution in [2.45, 2.75) is 24.7 Å². The molecular weight excluding hydrogens is 400 g/mol. The second-order valence-electron chi connectivity index (χ2n) is 8.05. The Morgan fingerprint density at radius 1 is 0.613 bits per heavy atom. The second-order valence-corrected chi connectivity index (χ2v) is 8.05. The van der Waals surface area contributed by atoms with Gasteiger partial charge < -0.3 is 25.2 Å². The van der Waals surface area contributed by atoms with E-state index < -0.39 is 23.4 Å². The van der Waals surface area contributed by atoms with E-state index in [-0.39, 0.29) is 23.0 Å². The smallest absolute Gasteiger partial charge is 0.226 e. The summed E-state index contributed by atoms with van der Waals surface area (Å²) in [4.78, 5) is 23.9. The van der Waals surface area contributed by atoms with Crippen LogP contribution in [0.15, 0.2) is 47.6 Å². The minimum Gasteiger partial charge on any atom is -0.504 e. The molecule has 2 aromatic rings. The van der Waals surface area contributed by atoms with Crippen LogP contribution in [-0.4, -0.2) is 45.2 Å². The number of rotatable bonds is 0. The minimum atomic E-state index is -0.620. The lowest BCUT2D eigenvalue weighted by atomic mass is 9.58. The van der Waals surface area contributed by atoms with Gasteiger partial charge in [0.2, 0.25) is 11.6 Å². The first-order valence-corrected chi connectivity index (χ1v) is 10.1. The molecule has 4 N–H and O–H groups in total. The number of hydrogen-bond donors (Lipinski definition) is 4. The van der Waals surface area contributed by atoms with Gasteiger partial charge in [-0.2, -0.15) is 0 Å². The van der Waals surface area contributed by atoms with Crippen molar-refractivity contribution in [1.82, 2.24) is 0 Å². The maximum Gasteiger partial charge on any atom is 0.226 e. The molecule has 5 aliphatic rings. The van der Waals surface area contributed by atoms with Gasteiger partial charge in [-0.25, -0.2) is 0 Å². The van der Waals surface area contributed by atoms with Crippen molar-refractivity contribution in [1.29, 1.82) is 0 Å². The number of benzene rings is 2. The van der Waals surface area contributed by atoms with Crippen LogP contribution < -0.4 is 0 Å². The predicted molar refractivity (Wildman–Crippen MR) is 109 cm³/mol. The molecule has 0 saturated carbocycles. The van der Waals surface area contributed by atoms with E-state index in [0.717, 1.165) is 13.2 Å². The first-order valence-electron chi connectivity index (χ1n) is 10.1. The normalized spacial score (nSPS) is 22.6. The molecule has 0 unspecified atom stereocenters. The quantitative estimate of drug-likeness (QED) is 0.293. The van der Waals surface area contributed by atoms with E-state index in [4.69, 9.17) is 4.74 Å². The fraction of sp³-hybridized carbons (Fsp3) is 0.250. The van der Waals surface area contributed by atoms with Crippen LogP contribution in [0, 0.1) is 0 Å². The first-order chi connectivity index (χ1) is 14.9. The number of aromatic hydroxyl groups is 4. The van der Waals surface area contributed by atoms with Gasteiger partial charge in [-0.1, -0.05) is 0 Å². The molecule has 7 nitrogen and oxygen atoms in total. The average molecular weight is 420 g/mol. The zero-order valence-electron chi connectivity index (χ0n) is 16.5. The maximum absolute atomic E-state index is 11.9. The number of phenols is 4. The highest BCUT2D eigenvalue weighted by molar-refractivity contribution is 6.47. The fourth-order valence-corrected chi connectivity index (χ4v) is 4.83. The van der Waals surface area contributed by atoms with Crippen LogP contribution in [0.25, 0.3) is 0 Å². The molecule has 4 aliphatic carbocycles. The molecular formula is C24H20O7. The number of ketones is 2. The summed E-state index contributed by atoms with van der Waals surface area (Å²) in [6.45, 7) is 2.00. The molecule has 7 rings (SSSR count). The van der Waals surface area contributed by atoms with Crippen molar-refractivity contribution in [3.63, 3.8) is 0 Å². The van der Waals surface area contributed by atoms with Crippen LogP contribution in [-0.2, 0) is 14.3 Å². The molecule has 1 aliphatic heterocycles. The molecule has 1 heterocycles. The number of hydrogen-bond acceptors (Lipinski definition) is 7. The van der Waals surface area contributed by atoms with Crippen LogP contribution in [0.4, 0.5) is 0 Å². The number of ether oxygens (including phenoxy) is 1. The SMILES string of the molecule is C1CCOC1.O=C1C=C2C(=CC1=O)C1c3cc(O)c(O)cc3C2c2cc(O)c(O)cc21. The van der Waals surface area contributed by atoms with Crippen molar-refractivity contribution in [3.8, 4) is 23.0 Å². The van der Waals surface area contributed by atoms with Gasteiger partial charge in [0.25, 0.3) is 0 Å². The molecule has 2 aromatic carbocycles. The molecule has 158 valence electrons. The van der Waals surface area contributed by atoms with Crippen LogP contribution in [0.3, 0.4) is 0 Å². The van der Waals surface area contributed by atoms with Gasteiger partial charge in [0.15, 0.2) is 23.0 Å². The highest BCUT2D eigenvalue weighted by Gasteiger charge is 2.46. The Bertz CT molecular complexity index is 1050. The summed E-state index contributed by atoms with van der Waals surface area (Å²) in [5.74, 6) is -3.38. The number of phenolic OH excluding ortho intramolecular Hbond substituents is 4. The Hall–Kier alpha value is -3.58. The molecule has 0 amide bonds. The fourth-order valence-electron chi connectivity index (χ4n) is 4.83. The lowest BCUT2D eigenvalue weighted by molar-refractivity contribution is -0.131. The molecule has 0 aromatic heterocycles. The Morgan fingerprint density at radius 3 is 1.19 bits per heavy atom. The van der Waals surface area contributed by atoms with Crippen molar-refractivity contribution in [2.75, 3.05) is 13.2 Å². The second kappa shape index (κ2) is 6.99. The zero-order valence-corrected chi connectivity index (χ0v) is 16.5. The third-order valence-corrected chi connectivity index (χ3v) is 6.20. The van der Waals surface area contributed by atoms with Gasteiger partial charge in [-0.3, -0.25) is 9.59 Å². The molecule has 0 radical (unpaired) electrons. The highest BCUT2D eigenvalue weighted by Crippen LogP contribution is 2.60. The molecule has 0 atom stereocenters. The van der Waals surface area contributed by atoms with Crippen LogP contribution in [0.1, 0.15) is 46.9 Å². The van der Waals surface area contributed by atoms with Crippen molar-refractivity contribution >= 4 is 11.6 Å². The summed E-state index contributed by atoms with van der Waals surface area (Å²) < 4.78 is 4.94. The molecule has 2 bridgehead atoms. The van der Waals surface area contributed by atoms with Gasteiger partial charge in [0.1, 0.15) is 0 Å². The van der Waals surface area contributed by atoms with E-state index in [1.54, 1.807) is 0 Å². The third kappa shape index (κ3) is 2.92. The van der Waals surface area contributed by atoms with E-state index in [1.807, 2.05) is 0 Å². The van der Waals surface area contributed by atoms with E-state index in [2.05, 4.69) is 0 Å². The van der Waals surface area contributed by atoms with E-state index in [1.165, 1.54) is 49.3 Å². The highest BCUT2D eigenvalue weighted by atomic mass is 16.5. The largest absolute Gasteiger partial charge is 0.504 e. The van der Waals surface area contributed by atoms with Gasteiger partial charge in [-0.05, 0) is 82.7 Å². The molecule has 0 spiro atoms. The van der Waals surface area contributed by atoms with Crippen molar-refractivity contribution in [3.05, 3.63) is 69.8 Å². The monoisotopic (exact) mass is 420 g/mol. The standard InChI is InChI=1S/C20H12O6.C4H8O/c21-13-1-7-8(2-14(13)22)20-11-5-17(25)15(23)3-9(11)19(7)10-4-16(24)18(26)6-12(10)20;1-2-4-5-3-1/h1-6,19-23,25H;1-4H2. The number of carbonyl (C=O) groups excluding carboxylic acids is 2. The first kappa shape index (κ1) is 19.4. The zero-order chi connectivity index (χ0) is 21.9. The van der Waals surface area contributed by atoms with Crippen molar-refractivity contribution < 1.29 is 34.8 Å². The summed E-state index contributed by atoms with van der Waals surface area (Å²) >= 11 is 0. The van der Waals surface area contributed by atoms with Crippen LogP contribution >= 0.6 is 0 Å². The van der Waals surface area contributed by atoms with E-state index in [0.29, 0.717) is 33.4 Å². The average Bonchev–Trinajstić information content (AvgIpc) is 3.31. The summed E-state index contributed by atoms with van der Waals surface area (Å²) in [6, 6.07) is 5.75. The number of carbonyl (C=O) groups is 2. The summed E-state index contributed by atoms with van der Waals surface area (Å²) in [6.07, 6.45) is 5.16. The Kier molecular flexibility index (Phi) is 4.37. The lowest BCUT2D eigenvalue weighted by Crippen LogP contribution is -2.32. The molecule has 1 fully saturated rings. The third-order valence-electron chi connectivity index (χ3n) is 6.20. The molecule has 31 heavy (non-hydrogen) atoms. The molecule has 1 saturated heterocycles. The van der Waals surface area contributed by atoms with E-state index in [9.17, 15) is 30.0 Å². The lowest BCUT2D eigenvalue weighted by Gasteiger charge is -2.44. The van der Waals surface area contributed by atoms with Gasteiger partial charge in [0, 0.05) is 25.0 Å². The van der Waals surface area contributed by atoms with E-state index >= 15 is 0 Å². The Morgan fingerprint density at radius 2 is 0.935 bits per heavy atom. The van der Waals surface area contributed by atoms with Crippen molar-refractivity contribution in [2.24, 2.45) is 0 Å².